The summed E-state index contributed by atoms with van der Waals surface area (Å²) >= 11 is 0. The molecular formula is C48H31N5O. The number of fused-ring (bicyclic) bond motifs is 8. The van der Waals surface area contributed by atoms with Gasteiger partial charge in [0, 0.05) is 56.5 Å². The van der Waals surface area contributed by atoms with E-state index >= 15 is 0 Å². The second-order valence-electron chi connectivity index (χ2n) is 13.8. The average Bonchev–Trinajstić information content (AvgIpc) is 3.79. The van der Waals surface area contributed by atoms with Crippen molar-refractivity contribution < 1.29 is 4.42 Å². The van der Waals surface area contributed by atoms with Crippen LogP contribution in [-0.4, -0.2) is 24.5 Å². The van der Waals surface area contributed by atoms with Gasteiger partial charge in [-0.25, -0.2) is 15.0 Å². The summed E-state index contributed by atoms with van der Waals surface area (Å²) in [5.41, 5.74) is 11.5. The monoisotopic (exact) mass is 693 g/mol. The number of nitrogens with zero attached hydrogens (tertiary/aromatic N) is 5. The highest BCUT2D eigenvalue weighted by Crippen LogP contribution is 2.40. The lowest BCUT2D eigenvalue weighted by Gasteiger charge is -2.14. The molecule has 1 aliphatic carbocycles. The van der Waals surface area contributed by atoms with Gasteiger partial charge in [0.2, 0.25) is 0 Å². The van der Waals surface area contributed by atoms with Gasteiger partial charge in [0.05, 0.1) is 16.6 Å². The molecule has 0 atom stereocenters. The van der Waals surface area contributed by atoms with Crippen LogP contribution in [0.2, 0.25) is 0 Å². The van der Waals surface area contributed by atoms with Gasteiger partial charge in [-0.15, -0.1) is 0 Å². The number of aromatic nitrogens is 5. The first-order valence-electron chi connectivity index (χ1n) is 18.3. The van der Waals surface area contributed by atoms with Gasteiger partial charge >= 0.3 is 0 Å². The summed E-state index contributed by atoms with van der Waals surface area (Å²) in [6.07, 6.45) is 5.56. The molecule has 254 valence electrons. The average molecular weight is 694 g/mol. The lowest BCUT2D eigenvalue weighted by molar-refractivity contribution is 0.547. The zero-order valence-electron chi connectivity index (χ0n) is 29.1. The van der Waals surface area contributed by atoms with Crippen LogP contribution in [0.4, 0.5) is 0 Å². The highest BCUT2D eigenvalue weighted by molar-refractivity contribution is 6.11. The van der Waals surface area contributed by atoms with Crippen LogP contribution in [0, 0.1) is 0 Å². The van der Waals surface area contributed by atoms with E-state index in [0.717, 1.165) is 90.4 Å². The number of aryl methyl sites for hydroxylation is 1. The van der Waals surface area contributed by atoms with Crippen molar-refractivity contribution >= 4 is 55.3 Å². The molecule has 0 aliphatic heterocycles. The molecule has 0 amide bonds. The highest BCUT2D eigenvalue weighted by Gasteiger charge is 2.24. The Labute approximate surface area is 310 Å². The predicted octanol–water partition coefficient (Wildman–Crippen LogP) is 11.8. The van der Waals surface area contributed by atoms with E-state index in [4.69, 9.17) is 19.4 Å². The van der Waals surface area contributed by atoms with Crippen LogP contribution in [0.1, 0.15) is 23.6 Å². The van der Waals surface area contributed by atoms with Crippen molar-refractivity contribution in [3.8, 4) is 39.6 Å². The SMILES string of the molecule is C1=C(c2nc(-c3ccc(-c4ccccc4)cc3)nc(-c3ccc4c(c3)c3ccccc3n4-c3ccccc3)n2)CCc2oc3ccc4ncccc4c3c21. The van der Waals surface area contributed by atoms with E-state index in [-0.39, 0.29) is 0 Å². The Bertz CT molecular complexity index is 3090. The molecule has 0 radical (unpaired) electrons. The highest BCUT2D eigenvalue weighted by atomic mass is 16.3. The standard InChI is InChI=1S/C48H31N5O/c1-3-10-30(11-4-1)31-17-19-32(20-18-31)46-50-47(33-21-24-42-38(28-33)36-14-7-8-16-41(36)53(42)35-12-5-2-6-13-35)52-48(51-46)34-22-25-43-39(29-34)45-37-15-9-27-49-40(37)23-26-44(45)54-43/h1-21,23-24,26-29H,22,25H2. The zero-order chi connectivity index (χ0) is 35.6. The number of benzene rings is 6. The van der Waals surface area contributed by atoms with Gasteiger partial charge in [-0.05, 0) is 83.8 Å². The van der Waals surface area contributed by atoms with Crippen LogP contribution in [-0.2, 0) is 6.42 Å². The molecule has 4 heterocycles. The Hall–Kier alpha value is -7.18. The number of rotatable bonds is 5. The molecule has 6 heteroatoms. The summed E-state index contributed by atoms with van der Waals surface area (Å²) in [5, 5.41) is 4.49. The molecular weight excluding hydrogens is 663 g/mol. The smallest absolute Gasteiger partial charge is 0.164 e. The van der Waals surface area contributed by atoms with Crippen LogP contribution < -0.4 is 0 Å². The fourth-order valence-electron chi connectivity index (χ4n) is 8.02. The van der Waals surface area contributed by atoms with Crippen LogP contribution in [0.25, 0.3) is 94.9 Å². The van der Waals surface area contributed by atoms with Crippen molar-refractivity contribution in [2.45, 2.75) is 12.8 Å². The quantitative estimate of drug-likeness (QED) is 0.179. The third-order valence-corrected chi connectivity index (χ3v) is 10.6. The van der Waals surface area contributed by atoms with E-state index in [1.54, 1.807) is 0 Å². The van der Waals surface area contributed by atoms with Crippen molar-refractivity contribution in [2.75, 3.05) is 0 Å². The molecule has 1 aliphatic rings. The van der Waals surface area contributed by atoms with E-state index in [1.165, 1.54) is 10.9 Å². The number of furan rings is 1. The van der Waals surface area contributed by atoms with Gasteiger partial charge in [0.25, 0.3) is 0 Å². The Balaban J connectivity index is 1.10. The minimum absolute atomic E-state index is 0.638. The number of hydrogen-bond acceptors (Lipinski definition) is 5. The first kappa shape index (κ1) is 30.4. The fourth-order valence-corrected chi connectivity index (χ4v) is 8.02. The normalized spacial score (nSPS) is 12.8. The lowest BCUT2D eigenvalue weighted by atomic mass is 9.94. The molecule has 0 saturated carbocycles. The molecule has 0 bridgehead atoms. The summed E-state index contributed by atoms with van der Waals surface area (Å²) in [6.45, 7) is 0. The second kappa shape index (κ2) is 12.2. The van der Waals surface area contributed by atoms with Crippen LogP contribution in [0.15, 0.2) is 162 Å². The third-order valence-electron chi connectivity index (χ3n) is 10.6. The maximum absolute atomic E-state index is 6.40. The van der Waals surface area contributed by atoms with Crippen LogP contribution >= 0.6 is 0 Å². The second-order valence-corrected chi connectivity index (χ2v) is 13.8. The Morgan fingerprint density at radius 2 is 1.17 bits per heavy atom. The molecule has 0 N–H and O–H groups in total. The van der Waals surface area contributed by atoms with Crippen LogP contribution in [0.5, 0.6) is 0 Å². The van der Waals surface area contributed by atoms with E-state index < -0.39 is 0 Å². The van der Waals surface area contributed by atoms with Crippen molar-refractivity contribution in [3.05, 3.63) is 175 Å². The van der Waals surface area contributed by atoms with E-state index in [1.807, 2.05) is 30.5 Å². The first-order valence-corrected chi connectivity index (χ1v) is 18.3. The summed E-state index contributed by atoms with van der Waals surface area (Å²) in [7, 11) is 0. The van der Waals surface area contributed by atoms with Gasteiger partial charge in [-0.3, -0.25) is 4.98 Å². The minimum atomic E-state index is 0.638. The molecule has 0 fully saturated rings. The van der Waals surface area contributed by atoms with Gasteiger partial charge in [0.1, 0.15) is 11.3 Å². The molecule has 10 aromatic rings. The summed E-state index contributed by atoms with van der Waals surface area (Å²) in [5.74, 6) is 2.93. The van der Waals surface area contributed by atoms with Gasteiger partial charge in [-0.1, -0.05) is 97.1 Å². The van der Waals surface area contributed by atoms with E-state index in [9.17, 15) is 0 Å². The molecule has 0 spiro atoms. The summed E-state index contributed by atoms with van der Waals surface area (Å²) < 4.78 is 8.72. The number of allylic oxidation sites excluding steroid dienone is 1. The molecule has 0 saturated heterocycles. The fraction of sp³-hybridized carbons (Fsp3) is 0.0417. The first-order chi connectivity index (χ1) is 26.7. The Morgan fingerprint density at radius 1 is 0.500 bits per heavy atom. The number of hydrogen-bond donors (Lipinski definition) is 0. The molecule has 11 rings (SSSR count). The van der Waals surface area contributed by atoms with Gasteiger partial charge in [-0.2, -0.15) is 0 Å². The van der Waals surface area contributed by atoms with Crippen molar-refractivity contribution in [2.24, 2.45) is 0 Å². The maximum Gasteiger partial charge on any atom is 0.164 e. The minimum Gasteiger partial charge on any atom is -0.460 e. The predicted molar refractivity (Wildman–Crippen MR) is 218 cm³/mol. The van der Waals surface area contributed by atoms with Crippen LogP contribution in [0.3, 0.4) is 0 Å². The molecule has 4 aromatic heterocycles. The van der Waals surface area contributed by atoms with Crippen molar-refractivity contribution in [1.29, 1.82) is 0 Å². The van der Waals surface area contributed by atoms with E-state index in [0.29, 0.717) is 17.5 Å². The van der Waals surface area contributed by atoms with Gasteiger partial charge < -0.3 is 8.98 Å². The summed E-state index contributed by atoms with van der Waals surface area (Å²) in [6, 6.07) is 52.7. The Kier molecular flexibility index (Phi) is 6.89. The molecule has 0 unspecified atom stereocenters. The van der Waals surface area contributed by atoms with Crippen molar-refractivity contribution in [3.63, 3.8) is 0 Å². The zero-order valence-corrected chi connectivity index (χ0v) is 29.1. The molecule has 54 heavy (non-hydrogen) atoms. The Morgan fingerprint density at radius 3 is 2.02 bits per heavy atom. The maximum atomic E-state index is 6.40. The summed E-state index contributed by atoms with van der Waals surface area (Å²) in [4.78, 5) is 20.2. The van der Waals surface area contributed by atoms with Crippen molar-refractivity contribution in [1.82, 2.24) is 24.5 Å². The number of pyridine rings is 1. The molecule has 6 aromatic carbocycles. The molecule has 6 nitrogen and oxygen atoms in total. The van der Waals surface area contributed by atoms with Gasteiger partial charge in [0.15, 0.2) is 17.5 Å². The van der Waals surface area contributed by atoms with E-state index in [2.05, 4.69) is 143 Å². The third kappa shape index (κ3) is 4.95. The topological polar surface area (TPSA) is 69.6 Å². The number of para-hydroxylation sites is 2. The largest absolute Gasteiger partial charge is 0.460 e. The lowest BCUT2D eigenvalue weighted by Crippen LogP contribution is -2.05.